The first-order valence-corrected chi connectivity index (χ1v) is 11.7. The molecule has 1 aliphatic heterocycles. The van der Waals surface area contributed by atoms with Gasteiger partial charge in [0.1, 0.15) is 0 Å². The number of anilines is 2. The summed E-state index contributed by atoms with van der Waals surface area (Å²) >= 11 is 0. The lowest BCUT2D eigenvalue weighted by Gasteiger charge is -2.37. The Balaban J connectivity index is 1.72. The van der Waals surface area contributed by atoms with Gasteiger partial charge in [-0.05, 0) is 36.1 Å². The van der Waals surface area contributed by atoms with Gasteiger partial charge in [0.15, 0.2) is 0 Å². The Morgan fingerprint density at radius 1 is 0.900 bits per heavy atom. The van der Waals surface area contributed by atoms with Crippen molar-refractivity contribution in [3.8, 4) is 0 Å². The standard InChI is InChI=1S/C25H41N3O2/c1-5-6-7-8-9-10-11-23(29)26-21-12-14-22(15-13-21)27-16-18-28(19-17-27)24(30)20-25(2,3)4/h12-15H,5-11,16-20H2,1-4H3,(H,26,29). The van der Waals surface area contributed by atoms with Gasteiger partial charge < -0.3 is 15.1 Å². The van der Waals surface area contributed by atoms with Gasteiger partial charge in [-0.2, -0.15) is 0 Å². The molecule has 1 saturated heterocycles. The van der Waals surface area contributed by atoms with Crippen molar-refractivity contribution in [2.24, 2.45) is 5.41 Å². The number of amides is 2. The summed E-state index contributed by atoms with van der Waals surface area (Å²) in [6.45, 7) is 11.8. The van der Waals surface area contributed by atoms with E-state index < -0.39 is 0 Å². The smallest absolute Gasteiger partial charge is 0.224 e. The van der Waals surface area contributed by atoms with Crippen molar-refractivity contribution in [2.45, 2.75) is 79.1 Å². The minimum Gasteiger partial charge on any atom is -0.368 e. The number of unbranched alkanes of at least 4 members (excludes halogenated alkanes) is 5. The van der Waals surface area contributed by atoms with Crippen LogP contribution in [0.25, 0.3) is 0 Å². The fraction of sp³-hybridized carbons (Fsp3) is 0.680. The molecule has 2 amide bonds. The van der Waals surface area contributed by atoms with E-state index in [1.165, 1.54) is 25.7 Å². The second-order valence-electron chi connectivity index (χ2n) is 9.72. The fourth-order valence-electron chi connectivity index (χ4n) is 3.82. The third-order valence-electron chi connectivity index (χ3n) is 5.59. The molecule has 1 aromatic carbocycles. The number of carbonyl (C=O) groups excluding carboxylic acids is 2. The molecule has 1 aliphatic rings. The van der Waals surface area contributed by atoms with E-state index in [1.54, 1.807) is 0 Å². The van der Waals surface area contributed by atoms with E-state index in [9.17, 15) is 9.59 Å². The van der Waals surface area contributed by atoms with Gasteiger partial charge in [0, 0.05) is 50.4 Å². The second-order valence-corrected chi connectivity index (χ2v) is 9.72. The molecule has 5 nitrogen and oxygen atoms in total. The third-order valence-corrected chi connectivity index (χ3v) is 5.59. The molecule has 1 fully saturated rings. The maximum absolute atomic E-state index is 12.4. The molecule has 1 N–H and O–H groups in total. The van der Waals surface area contributed by atoms with Crippen molar-refractivity contribution < 1.29 is 9.59 Å². The summed E-state index contributed by atoms with van der Waals surface area (Å²) in [5.74, 6) is 0.356. The van der Waals surface area contributed by atoms with E-state index in [4.69, 9.17) is 0 Å². The van der Waals surface area contributed by atoms with Crippen LogP contribution in [0.5, 0.6) is 0 Å². The van der Waals surface area contributed by atoms with Crippen molar-refractivity contribution >= 4 is 23.2 Å². The lowest BCUT2D eigenvalue weighted by Crippen LogP contribution is -2.49. The highest BCUT2D eigenvalue weighted by atomic mass is 16.2. The highest BCUT2D eigenvalue weighted by Gasteiger charge is 2.24. The van der Waals surface area contributed by atoms with Crippen LogP contribution in [0.1, 0.15) is 79.1 Å². The van der Waals surface area contributed by atoms with Crippen LogP contribution in [-0.4, -0.2) is 42.9 Å². The van der Waals surface area contributed by atoms with Crippen LogP contribution < -0.4 is 10.2 Å². The van der Waals surface area contributed by atoms with E-state index in [-0.39, 0.29) is 17.2 Å². The molecular formula is C25H41N3O2. The Morgan fingerprint density at radius 2 is 1.50 bits per heavy atom. The molecule has 0 atom stereocenters. The van der Waals surface area contributed by atoms with Crippen LogP contribution in [-0.2, 0) is 9.59 Å². The predicted molar refractivity (Wildman–Crippen MR) is 126 cm³/mol. The van der Waals surface area contributed by atoms with E-state index in [1.807, 2.05) is 17.0 Å². The minimum atomic E-state index is 0.0313. The van der Waals surface area contributed by atoms with Gasteiger partial charge in [0.05, 0.1) is 0 Å². The summed E-state index contributed by atoms with van der Waals surface area (Å²) in [6.07, 6.45) is 8.34. The number of carbonyl (C=O) groups is 2. The average molecular weight is 416 g/mol. The first kappa shape index (κ1) is 24.2. The van der Waals surface area contributed by atoms with Crippen LogP contribution in [0.15, 0.2) is 24.3 Å². The summed E-state index contributed by atoms with van der Waals surface area (Å²) in [4.78, 5) is 28.8. The lowest BCUT2D eigenvalue weighted by molar-refractivity contribution is -0.133. The summed E-state index contributed by atoms with van der Waals surface area (Å²) in [6, 6.07) is 8.08. The zero-order chi connectivity index (χ0) is 22.0. The summed E-state index contributed by atoms with van der Waals surface area (Å²) in [7, 11) is 0. The lowest BCUT2D eigenvalue weighted by atomic mass is 9.91. The quantitative estimate of drug-likeness (QED) is 0.516. The zero-order valence-electron chi connectivity index (χ0n) is 19.5. The Labute approximate surface area is 183 Å². The molecule has 2 rings (SSSR count). The number of rotatable bonds is 10. The number of hydrogen-bond acceptors (Lipinski definition) is 3. The normalized spacial score (nSPS) is 14.7. The maximum Gasteiger partial charge on any atom is 0.224 e. The van der Waals surface area contributed by atoms with Crippen LogP contribution in [0.4, 0.5) is 11.4 Å². The molecule has 0 aromatic heterocycles. The van der Waals surface area contributed by atoms with Crippen LogP contribution in [0.2, 0.25) is 0 Å². The molecule has 0 spiro atoms. The van der Waals surface area contributed by atoms with Crippen molar-refractivity contribution in [3.05, 3.63) is 24.3 Å². The number of piperazine rings is 1. The van der Waals surface area contributed by atoms with Gasteiger partial charge in [-0.25, -0.2) is 0 Å². The predicted octanol–water partition coefficient (Wildman–Crippen LogP) is 5.46. The molecule has 168 valence electrons. The van der Waals surface area contributed by atoms with Gasteiger partial charge in [-0.1, -0.05) is 59.8 Å². The van der Waals surface area contributed by atoms with Crippen molar-refractivity contribution in [2.75, 3.05) is 36.4 Å². The van der Waals surface area contributed by atoms with E-state index >= 15 is 0 Å². The molecule has 1 heterocycles. The highest BCUT2D eigenvalue weighted by molar-refractivity contribution is 5.90. The second kappa shape index (κ2) is 12.0. The molecule has 0 saturated carbocycles. The third kappa shape index (κ3) is 8.76. The number of nitrogens with one attached hydrogen (secondary N) is 1. The van der Waals surface area contributed by atoms with Crippen LogP contribution in [0, 0.1) is 5.41 Å². The van der Waals surface area contributed by atoms with Gasteiger partial charge in [0.2, 0.25) is 11.8 Å². The Bertz CT molecular complexity index is 656. The van der Waals surface area contributed by atoms with Gasteiger partial charge >= 0.3 is 0 Å². The number of nitrogens with zero attached hydrogens (tertiary/aromatic N) is 2. The van der Waals surface area contributed by atoms with Gasteiger partial charge in [0.25, 0.3) is 0 Å². The zero-order valence-corrected chi connectivity index (χ0v) is 19.5. The molecule has 30 heavy (non-hydrogen) atoms. The Hall–Kier alpha value is -2.04. The SMILES string of the molecule is CCCCCCCCC(=O)Nc1ccc(N2CCN(C(=O)CC(C)(C)C)CC2)cc1. The first-order valence-electron chi connectivity index (χ1n) is 11.7. The summed E-state index contributed by atoms with van der Waals surface area (Å²) < 4.78 is 0. The average Bonchev–Trinajstić information content (AvgIpc) is 2.70. The summed E-state index contributed by atoms with van der Waals surface area (Å²) in [5.41, 5.74) is 2.03. The fourth-order valence-corrected chi connectivity index (χ4v) is 3.82. The van der Waals surface area contributed by atoms with Crippen molar-refractivity contribution in [1.29, 1.82) is 0 Å². The topological polar surface area (TPSA) is 52.7 Å². The maximum atomic E-state index is 12.4. The largest absolute Gasteiger partial charge is 0.368 e. The van der Waals surface area contributed by atoms with Crippen LogP contribution >= 0.6 is 0 Å². The molecule has 0 unspecified atom stereocenters. The molecule has 0 bridgehead atoms. The molecule has 5 heteroatoms. The minimum absolute atomic E-state index is 0.0313. The number of hydrogen-bond donors (Lipinski definition) is 1. The number of benzene rings is 1. The van der Waals surface area contributed by atoms with Gasteiger partial charge in [-0.15, -0.1) is 0 Å². The highest BCUT2D eigenvalue weighted by Crippen LogP contribution is 2.23. The Kier molecular flexibility index (Phi) is 9.67. The molecule has 1 aromatic rings. The summed E-state index contributed by atoms with van der Waals surface area (Å²) in [5, 5.41) is 3.01. The Morgan fingerprint density at radius 3 is 2.10 bits per heavy atom. The molecule has 0 aliphatic carbocycles. The van der Waals surface area contributed by atoms with E-state index in [2.05, 4.69) is 50.0 Å². The first-order chi connectivity index (χ1) is 14.3. The van der Waals surface area contributed by atoms with Crippen molar-refractivity contribution in [3.63, 3.8) is 0 Å². The molecule has 0 radical (unpaired) electrons. The molecular weight excluding hydrogens is 374 g/mol. The van der Waals surface area contributed by atoms with Crippen molar-refractivity contribution in [1.82, 2.24) is 4.90 Å². The monoisotopic (exact) mass is 415 g/mol. The van der Waals surface area contributed by atoms with E-state index in [0.717, 1.165) is 50.4 Å². The van der Waals surface area contributed by atoms with E-state index in [0.29, 0.717) is 12.8 Å². The van der Waals surface area contributed by atoms with Crippen LogP contribution in [0.3, 0.4) is 0 Å². The van der Waals surface area contributed by atoms with Gasteiger partial charge in [-0.3, -0.25) is 9.59 Å².